The zero-order valence-corrected chi connectivity index (χ0v) is 9.58. The largest absolute Gasteiger partial charge is 0.342 e. The van der Waals surface area contributed by atoms with Gasteiger partial charge in [-0.05, 0) is 31.7 Å². The van der Waals surface area contributed by atoms with Gasteiger partial charge in [-0.2, -0.15) is 0 Å². The number of rotatable bonds is 4. The van der Waals surface area contributed by atoms with Gasteiger partial charge < -0.3 is 10.2 Å². The first-order valence-electron chi connectivity index (χ1n) is 5.18. The molecule has 3 heteroatoms. The van der Waals surface area contributed by atoms with Crippen LogP contribution in [0.2, 0.25) is 0 Å². The maximum Gasteiger partial charge on any atom is 0.253 e. The average Bonchev–Trinajstić information content (AvgIpc) is 2.28. The molecule has 0 saturated carbocycles. The molecule has 1 aromatic carbocycles. The standard InChI is InChI=1S/C12H18N2O/c1-4-14(3)12(15)11-7-5-6-10(8-11)9-13-2/h5-8,13H,4,9H2,1-3H3. The lowest BCUT2D eigenvalue weighted by molar-refractivity contribution is 0.0802. The topological polar surface area (TPSA) is 32.3 Å². The third-order valence-electron chi connectivity index (χ3n) is 2.38. The Labute approximate surface area is 91.1 Å². The Morgan fingerprint density at radius 3 is 2.80 bits per heavy atom. The van der Waals surface area contributed by atoms with Crippen molar-refractivity contribution in [1.82, 2.24) is 10.2 Å². The second kappa shape index (κ2) is 5.51. The molecule has 0 saturated heterocycles. The predicted octanol–water partition coefficient (Wildman–Crippen LogP) is 1.50. The van der Waals surface area contributed by atoms with Gasteiger partial charge in [-0.3, -0.25) is 4.79 Å². The molecule has 3 nitrogen and oxygen atoms in total. The minimum absolute atomic E-state index is 0.0791. The number of carbonyl (C=O) groups is 1. The van der Waals surface area contributed by atoms with Gasteiger partial charge in [0.25, 0.3) is 5.91 Å². The molecule has 1 amide bonds. The smallest absolute Gasteiger partial charge is 0.253 e. The van der Waals surface area contributed by atoms with Crippen LogP contribution in [0.4, 0.5) is 0 Å². The summed E-state index contributed by atoms with van der Waals surface area (Å²) >= 11 is 0. The van der Waals surface area contributed by atoms with Gasteiger partial charge in [-0.15, -0.1) is 0 Å². The fraction of sp³-hybridized carbons (Fsp3) is 0.417. The molecule has 0 aromatic heterocycles. The monoisotopic (exact) mass is 206 g/mol. The number of hydrogen-bond donors (Lipinski definition) is 1. The molecule has 0 spiro atoms. The summed E-state index contributed by atoms with van der Waals surface area (Å²) in [6, 6.07) is 7.72. The summed E-state index contributed by atoms with van der Waals surface area (Å²) in [5, 5.41) is 3.07. The highest BCUT2D eigenvalue weighted by molar-refractivity contribution is 5.94. The number of amides is 1. The molecule has 0 unspecified atom stereocenters. The van der Waals surface area contributed by atoms with Gasteiger partial charge in [-0.25, -0.2) is 0 Å². The molecule has 82 valence electrons. The van der Waals surface area contributed by atoms with Crippen molar-refractivity contribution in [2.45, 2.75) is 13.5 Å². The van der Waals surface area contributed by atoms with Crippen molar-refractivity contribution in [1.29, 1.82) is 0 Å². The van der Waals surface area contributed by atoms with Crippen LogP contribution in [0.5, 0.6) is 0 Å². The van der Waals surface area contributed by atoms with E-state index in [1.165, 1.54) is 0 Å². The van der Waals surface area contributed by atoms with Crippen LogP contribution in [-0.2, 0) is 6.54 Å². The van der Waals surface area contributed by atoms with Gasteiger partial charge in [0.15, 0.2) is 0 Å². The van der Waals surface area contributed by atoms with Crippen molar-refractivity contribution in [2.75, 3.05) is 20.6 Å². The lowest BCUT2D eigenvalue weighted by Crippen LogP contribution is -2.26. The maximum atomic E-state index is 11.8. The van der Waals surface area contributed by atoms with E-state index in [2.05, 4.69) is 5.32 Å². The molecule has 0 aliphatic rings. The predicted molar refractivity (Wildman–Crippen MR) is 61.8 cm³/mol. The van der Waals surface area contributed by atoms with Gasteiger partial charge in [0.1, 0.15) is 0 Å². The van der Waals surface area contributed by atoms with Gasteiger partial charge in [0.2, 0.25) is 0 Å². The number of nitrogens with one attached hydrogen (secondary N) is 1. The lowest BCUT2D eigenvalue weighted by atomic mass is 10.1. The van der Waals surface area contributed by atoms with Crippen molar-refractivity contribution in [3.8, 4) is 0 Å². The van der Waals surface area contributed by atoms with Crippen LogP contribution in [-0.4, -0.2) is 31.4 Å². The van der Waals surface area contributed by atoms with E-state index in [4.69, 9.17) is 0 Å². The van der Waals surface area contributed by atoms with Crippen molar-refractivity contribution < 1.29 is 4.79 Å². The Kier molecular flexibility index (Phi) is 4.31. The SMILES string of the molecule is CCN(C)C(=O)c1cccc(CNC)c1. The van der Waals surface area contributed by atoms with Crippen LogP contribution in [0.3, 0.4) is 0 Å². The van der Waals surface area contributed by atoms with Gasteiger partial charge >= 0.3 is 0 Å². The molecule has 1 aromatic rings. The van der Waals surface area contributed by atoms with Gasteiger partial charge in [0.05, 0.1) is 0 Å². The zero-order chi connectivity index (χ0) is 11.3. The van der Waals surface area contributed by atoms with E-state index in [1.807, 2.05) is 45.3 Å². The molecule has 1 rings (SSSR count). The van der Waals surface area contributed by atoms with Crippen LogP contribution >= 0.6 is 0 Å². The zero-order valence-electron chi connectivity index (χ0n) is 9.58. The average molecular weight is 206 g/mol. The highest BCUT2D eigenvalue weighted by Gasteiger charge is 2.09. The number of carbonyl (C=O) groups excluding carboxylic acids is 1. The van der Waals surface area contributed by atoms with E-state index < -0.39 is 0 Å². The molecule has 0 heterocycles. The molecule has 0 fully saturated rings. The number of nitrogens with zero attached hydrogens (tertiary/aromatic N) is 1. The quantitative estimate of drug-likeness (QED) is 0.809. The summed E-state index contributed by atoms with van der Waals surface area (Å²) in [5.41, 5.74) is 1.89. The third-order valence-corrected chi connectivity index (χ3v) is 2.38. The fourth-order valence-corrected chi connectivity index (χ4v) is 1.38. The Balaban J connectivity index is 2.85. The van der Waals surface area contributed by atoms with Crippen molar-refractivity contribution in [2.24, 2.45) is 0 Å². The van der Waals surface area contributed by atoms with E-state index in [0.717, 1.165) is 24.2 Å². The Morgan fingerprint density at radius 2 is 2.20 bits per heavy atom. The Bertz CT molecular complexity index is 336. The molecule has 0 aliphatic heterocycles. The van der Waals surface area contributed by atoms with Gasteiger partial charge in [-0.1, -0.05) is 12.1 Å². The first-order valence-corrected chi connectivity index (χ1v) is 5.18. The van der Waals surface area contributed by atoms with Crippen LogP contribution in [0, 0.1) is 0 Å². The number of benzene rings is 1. The van der Waals surface area contributed by atoms with Crippen LogP contribution in [0.25, 0.3) is 0 Å². The molecular weight excluding hydrogens is 188 g/mol. The normalized spacial score (nSPS) is 10.1. The fourth-order valence-electron chi connectivity index (χ4n) is 1.38. The highest BCUT2D eigenvalue weighted by Crippen LogP contribution is 2.07. The van der Waals surface area contributed by atoms with E-state index >= 15 is 0 Å². The summed E-state index contributed by atoms with van der Waals surface area (Å²) in [6.45, 7) is 3.49. The second-order valence-corrected chi connectivity index (χ2v) is 3.55. The molecule has 0 bridgehead atoms. The summed E-state index contributed by atoms with van der Waals surface area (Å²) in [5.74, 6) is 0.0791. The number of hydrogen-bond acceptors (Lipinski definition) is 2. The summed E-state index contributed by atoms with van der Waals surface area (Å²) in [4.78, 5) is 13.5. The van der Waals surface area contributed by atoms with Crippen molar-refractivity contribution in [3.05, 3.63) is 35.4 Å². The Morgan fingerprint density at radius 1 is 1.47 bits per heavy atom. The van der Waals surface area contributed by atoms with Gasteiger partial charge in [0, 0.05) is 25.7 Å². The van der Waals surface area contributed by atoms with Crippen molar-refractivity contribution >= 4 is 5.91 Å². The summed E-state index contributed by atoms with van der Waals surface area (Å²) in [6.07, 6.45) is 0. The molecule has 1 N–H and O–H groups in total. The maximum absolute atomic E-state index is 11.8. The Hall–Kier alpha value is -1.35. The van der Waals surface area contributed by atoms with E-state index in [-0.39, 0.29) is 5.91 Å². The second-order valence-electron chi connectivity index (χ2n) is 3.55. The summed E-state index contributed by atoms with van der Waals surface area (Å²) in [7, 11) is 3.71. The molecular formula is C12H18N2O. The highest BCUT2D eigenvalue weighted by atomic mass is 16.2. The minimum atomic E-state index is 0.0791. The molecule has 15 heavy (non-hydrogen) atoms. The summed E-state index contributed by atoms with van der Waals surface area (Å²) < 4.78 is 0. The van der Waals surface area contributed by atoms with Crippen molar-refractivity contribution in [3.63, 3.8) is 0 Å². The van der Waals surface area contributed by atoms with E-state index in [1.54, 1.807) is 4.90 Å². The third kappa shape index (κ3) is 3.06. The minimum Gasteiger partial charge on any atom is -0.342 e. The molecule has 0 atom stereocenters. The lowest BCUT2D eigenvalue weighted by Gasteiger charge is -2.14. The molecule has 0 aliphatic carbocycles. The van der Waals surface area contributed by atoms with Crippen LogP contribution in [0.15, 0.2) is 24.3 Å². The van der Waals surface area contributed by atoms with Crippen LogP contribution in [0.1, 0.15) is 22.8 Å². The first kappa shape index (κ1) is 11.7. The molecule has 0 radical (unpaired) electrons. The first-order chi connectivity index (χ1) is 7.19. The van der Waals surface area contributed by atoms with E-state index in [9.17, 15) is 4.79 Å². The van der Waals surface area contributed by atoms with Crippen LogP contribution < -0.4 is 5.32 Å². The van der Waals surface area contributed by atoms with E-state index in [0.29, 0.717) is 0 Å².